The molecule has 0 unspecified atom stereocenters. The van der Waals surface area contributed by atoms with Crippen LogP contribution < -0.4 is 4.72 Å². The van der Waals surface area contributed by atoms with Gasteiger partial charge in [-0.3, -0.25) is 18.9 Å². The first kappa shape index (κ1) is 26.3. The van der Waals surface area contributed by atoms with Crippen LogP contribution in [-0.4, -0.2) is 53.3 Å². The molecule has 2 N–H and O–H groups in total. The van der Waals surface area contributed by atoms with Crippen LogP contribution in [0.25, 0.3) is 0 Å². The van der Waals surface area contributed by atoms with E-state index in [1.807, 2.05) is 4.72 Å². The van der Waals surface area contributed by atoms with Gasteiger partial charge in [0.2, 0.25) is 0 Å². The summed E-state index contributed by atoms with van der Waals surface area (Å²) in [6.45, 7) is 0. The average molecular weight is 500 g/mol. The summed E-state index contributed by atoms with van der Waals surface area (Å²) < 4.78 is 67.5. The summed E-state index contributed by atoms with van der Waals surface area (Å²) in [5.74, 6) is -2.07. The number of rotatable bonds is 11. The Hall–Kier alpha value is -2.96. The van der Waals surface area contributed by atoms with Crippen molar-refractivity contribution >= 4 is 37.8 Å². The highest BCUT2D eigenvalue weighted by Crippen LogP contribution is 2.33. The maximum absolute atomic E-state index is 12.7. The summed E-state index contributed by atoms with van der Waals surface area (Å²) in [4.78, 5) is 25.6. The number of sulfone groups is 1. The van der Waals surface area contributed by atoms with Gasteiger partial charge in [-0.2, -0.15) is 8.42 Å². The summed E-state index contributed by atoms with van der Waals surface area (Å²) >= 11 is 0. The molecule has 0 bridgehead atoms. The maximum Gasteiger partial charge on any atom is 0.357 e. The van der Waals surface area contributed by atoms with Crippen molar-refractivity contribution in [2.75, 3.05) is 24.7 Å². The largest absolute Gasteiger partial charge is 0.468 e. The van der Waals surface area contributed by atoms with E-state index in [-0.39, 0.29) is 35.6 Å². The summed E-state index contributed by atoms with van der Waals surface area (Å²) in [5, 5.41) is 0. The topological polar surface area (TPSA) is 153 Å². The van der Waals surface area contributed by atoms with Crippen molar-refractivity contribution in [3.63, 3.8) is 0 Å². The van der Waals surface area contributed by atoms with Crippen molar-refractivity contribution in [2.24, 2.45) is 5.41 Å². The molecule has 0 fully saturated rings. The van der Waals surface area contributed by atoms with Crippen LogP contribution in [0.15, 0.2) is 59.5 Å². The molecule has 0 saturated heterocycles. The van der Waals surface area contributed by atoms with Crippen molar-refractivity contribution < 1.29 is 40.5 Å². The Kier molecular flexibility index (Phi) is 8.58. The predicted octanol–water partition coefficient (Wildman–Crippen LogP) is 2.03. The SMILES string of the molecule is COC(=O)C(CCCS(=O)(=O)c1ccccc1)(Cc1ccc(NS(=O)(=O)O)cc1)C(=O)OC. The second-order valence-corrected chi connectivity index (χ2v) is 10.5. The fourth-order valence-corrected chi connectivity index (χ4v) is 5.17. The van der Waals surface area contributed by atoms with Crippen LogP contribution in [0.1, 0.15) is 18.4 Å². The first-order valence-electron chi connectivity index (χ1n) is 9.72. The third-order valence-corrected chi connectivity index (χ3v) is 7.29. The van der Waals surface area contributed by atoms with E-state index in [0.29, 0.717) is 5.56 Å². The molecular formula is C21H25NO9S2. The molecule has 0 aliphatic rings. The van der Waals surface area contributed by atoms with E-state index in [1.54, 1.807) is 18.2 Å². The molecule has 0 radical (unpaired) electrons. The first-order valence-corrected chi connectivity index (χ1v) is 12.8. The smallest absolute Gasteiger partial charge is 0.357 e. The van der Waals surface area contributed by atoms with E-state index in [2.05, 4.69) is 0 Å². The lowest BCUT2D eigenvalue weighted by atomic mass is 9.77. The molecule has 0 aliphatic carbocycles. The van der Waals surface area contributed by atoms with Gasteiger partial charge in [0.1, 0.15) is 0 Å². The van der Waals surface area contributed by atoms with Crippen LogP contribution in [0.5, 0.6) is 0 Å². The molecule has 0 spiro atoms. The lowest BCUT2D eigenvalue weighted by Crippen LogP contribution is -2.43. The molecule has 12 heteroatoms. The van der Waals surface area contributed by atoms with E-state index in [4.69, 9.17) is 14.0 Å². The van der Waals surface area contributed by atoms with Gasteiger partial charge < -0.3 is 9.47 Å². The van der Waals surface area contributed by atoms with Crippen LogP contribution in [0, 0.1) is 5.41 Å². The van der Waals surface area contributed by atoms with Crippen molar-refractivity contribution in [2.45, 2.75) is 24.2 Å². The first-order chi connectivity index (χ1) is 15.4. The molecule has 10 nitrogen and oxygen atoms in total. The van der Waals surface area contributed by atoms with Gasteiger partial charge in [0, 0.05) is 0 Å². The van der Waals surface area contributed by atoms with Crippen LogP contribution in [0.4, 0.5) is 5.69 Å². The Labute approximate surface area is 192 Å². The van der Waals surface area contributed by atoms with Gasteiger partial charge in [-0.15, -0.1) is 0 Å². The van der Waals surface area contributed by atoms with E-state index in [9.17, 15) is 26.4 Å². The number of methoxy groups -OCH3 is 2. The van der Waals surface area contributed by atoms with Gasteiger partial charge in [-0.05, 0) is 49.1 Å². The number of nitrogens with one attached hydrogen (secondary N) is 1. The van der Waals surface area contributed by atoms with Gasteiger partial charge >= 0.3 is 22.2 Å². The quantitative estimate of drug-likeness (QED) is 0.268. The number of ether oxygens (including phenoxy) is 2. The second kappa shape index (κ2) is 10.8. The molecule has 2 aromatic rings. The highest BCUT2D eigenvalue weighted by atomic mass is 32.2. The van der Waals surface area contributed by atoms with Crippen LogP contribution in [-0.2, 0) is 45.6 Å². The monoisotopic (exact) mass is 499 g/mol. The van der Waals surface area contributed by atoms with Crippen LogP contribution >= 0.6 is 0 Å². The number of carbonyl (C=O) groups excluding carboxylic acids is 2. The van der Waals surface area contributed by atoms with Crippen molar-refractivity contribution in [1.29, 1.82) is 0 Å². The third kappa shape index (κ3) is 7.01. The summed E-state index contributed by atoms with van der Waals surface area (Å²) in [6.07, 6.45) is -0.364. The summed E-state index contributed by atoms with van der Waals surface area (Å²) in [7, 11) is -5.88. The van der Waals surface area contributed by atoms with E-state index in [0.717, 1.165) is 14.2 Å². The molecular weight excluding hydrogens is 474 g/mol. The van der Waals surface area contributed by atoms with E-state index in [1.165, 1.54) is 36.4 Å². The number of benzene rings is 2. The molecule has 33 heavy (non-hydrogen) atoms. The second-order valence-electron chi connectivity index (χ2n) is 7.25. The molecule has 0 amide bonds. The minimum absolute atomic E-state index is 0.0240. The number of hydrogen-bond acceptors (Lipinski definition) is 8. The highest BCUT2D eigenvalue weighted by molar-refractivity contribution is 7.91. The fraction of sp³-hybridized carbons (Fsp3) is 0.333. The summed E-state index contributed by atoms with van der Waals surface area (Å²) in [6, 6.07) is 13.4. The van der Waals surface area contributed by atoms with Gasteiger partial charge in [0.15, 0.2) is 15.3 Å². The average Bonchev–Trinajstić information content (AvgIpc) is 2.78. The molecule has 0 aliphatic heterocycles. The third-order valence-electron chi connectivity index (χ3n) is 4.98. The molecule has 2 rings (SSSR count). The Bertz CT molecular complexity index is 1160. The molecule has 180 valence electrons. The normalized spacial score (nSPS) is 12.1. The molecule has 0 heterocycles. The zero-order valence-electron chi connectivity index (χ0n) is 18.1. The number of hydrogen-bond donors (Lipinski definition) is 2. The highest BCUT2D eigenvalue weighted by Gasteiger charge is 2.48. The zero-order chi connectivity index (χ0) is 24.7. The van der Waals surface area contributed by atoms with Gasteiger partial charge in [-0.1, -0.05) is 30.3 Å². The van der Waals surface area contributed by atoms with Crippen molar-refractivity contribution in [3.8, 4) is 0 Å². The lowest BCUT2D eigenvalue weighted by molar-refractivity contribution is -0.169. The minimum atomic E-state index is -4.46. The zero-order valence-corrected chi connectivity index (χ0v) is 19.7. The Morgan fingerprint density at radius 2 is 1.45 bits per heavy atom. The summed E-state index contributed by atoms with van der Waals surface area (Å²) in [5.41, 5.74) is -1.29. The Morgan fingerprint density at radius 1 is 0.909 bits per heavy atom. The van der Waals surface area contributed by atoms with Gasteiger partial charge in [0.25, 0.3) is 0 Å². The van der Waals surface area contributed by atoms with Gasteiger partial charge in [0.05, 0.1) is 30.6 Å². The Morgan fingerprint density at radius 3 is 1.94 bits per heavy atom. The molecule has 0 atom stereocenters. The lowest BCUT2D eigenvalue weighted by Gasteiger charge is -2.28. The standard InChI is InChI=1S/C21H25NO9S2/c1-30-19(23)21(20(24)31-2,13-6-14-32(25,26)18-7-4-3-5-8-18)15-16-9-11-17(12-10-16)22-33(27,28)29/h3-5,7-12,22H,6,13-15H2,1-2H3,(H,27,28,29). The van der Waals surface area contributed by atoms with Crippen molar-refractivity contribution in [1.82, 2.24) is 0 Å². The van der Waals surface area contributed by atoms with E-state index >= 15 is 0 Å². The molecule has 0 saturated carbocycles. The minimum Gasteiger partial charge on any atom is -0.468 e. The van der Waals surface area contributed by atoms with Crippen LogP contribution in [0.3, 0.4) is 0 Å². The molecule has 0 aromatic heterocycles. The Balaban J connectivity index is 2.29. The number of anilines is 1. The van der Waals surface area contributed by atoms with Crippen LogP contribution in [0.2, 0.25) is 0 Å². The van der Waals surface area contributed by atoms with Gasteiger partial charge in [-0.25, -0.2) is 8.42 Å². The number of esters is 2. The van der Waals surface area contributed by atoms with E-state index < -0.39 is 37.5 Å². The maximum atomic E-state index is 12.7. The molecule has 2 aromatic carbocycles. The fourth-order valence-electron chi connectivity index (χ4n) is 3.41. The number of carbonyl (C=O) groups is 2. The predicted molar refractivity (Wildman–Crippen MR) is 120 cm³/mol. The van der Waals surface area contributed by atoms with Crippen molar-refractivity contribution in [3.05, 3.63) is 60.2 Å².